The van der Waals surface area contributed by atoms with Crippen LogP contribution in [0.2, 0.25) is 0 Å². The van der Waals surface area contributed by atoms with Crippen LogP contribution in [-0.2, 0) is 4.79 Å². The summed E-state index contributed by atoms with van der Waals surface area (Å²) in [5.74, 6) is 0.609. The Labute approximate surface area is 118 Å². The van der Waals surface area contributed by atoms with Crippen molar-refractivity contribution in [1.82, 2.24) is 10.2 Å². The fourth-order valence-corrected chi connectivity index (χ4v) is 2.80. The zero-order chi connectivity index (χ0) is 14.5. The summed E-state index contributed by atoms with van der Waals surface area (Å²) >= 11 is 1.61. The Morgan fingerprint density at radius 2 is 2.16 bits per heavy atom. The van der Waals surface area contributed by atoms with Gasteiger partial charge in [-0.05, 0) is 24.9 Å². The molecule has 0 aliphatic carbocycles. The highest BCUT2D eigenvalue weighted by Gasteiger charge is 2.44. The summed E-state index contributed by atoms with van der Waals surface area (Å²) in [6.45, 7) is 2.68. The number of rotatable bonds is 7. The van der Waals surface area contributed by atoms with Crippen molar-refractivity contribution in [3.8, 4) is 0 Å². The number of hydrogen-bond donors (Lipinski definition) is 3. The predicted molar refractivity (Wildman–Crippen MR) is 75.9 cm³/mol. The molecule has 0 aromatic carbocycles. The number of β-amino-alcohol motifs (C(OH)–C–C–N with tert-alkyl or cyclic N) is 1. The molecule has 1 aliphatic heterocycles. The fourth-order valence-electron chi connectivity index (χ4n) is 2.33. The Bertz CT molecular complexity index is 332. The molecule has 0 aromatic heterocycles. The monoisotopic (exact) mass is 289 g/mol. The van der Waals surface area contributed by atoms with E-state index in [9.17, 15) is 14.7 Å². The Kier molecular flexibility index (Phi) is 5.93. The molecule has 1 fully saturated rings. The minimum atomic E-state index is -0.749. The summed E-state index contributed by atoms with van der Waals surface area (Å²) in [6.07, 6.45) is 4.06. The fraction of sp³-hybridized carbons (Fsp3) is 0.833. The summed E-state index contributed by atoms with van der Waals surface area (Å²) in [6, 6.07) is -1.28. The molecule has 4 N–H and O–H groups in total. The van der Waals surface area contributed by atoms with E-state index in [1.807, 2.05) is 13.2 Å². The van der Waals surface area contributed by atoms with Gasteiger partial charge in [-0.1, -0.05) is 13.3 Å². The number of primary amides is 1. The lowest BCUT2D eigenvalue weighted by Gasteiger charge is -2.47. The average Bonchev–Trinajstić information content (AvgIpc) is 2.30. The van der Waals surface area contributed by atoms with E-state index in [1.165, 1.54) is 0 Å². The molecule has 1 rings (SSSR count). The molecule has 1 aliphatic rings. The van der Waals surface area contributed by atoms with Crippen LogP contribution in [0.5, 0.6) is 0 Å². The quantitative estimate of drug-likeness (QED) is 0.621. The standard InChI is InChI=1S/C12H23N3O3S/c1-3-5-12(18)7-15(8-12)10(16)9(4-6-19-2)14-11(13)17/h9,18H,3-8H2,1-2H3,(H3,13,14,17). The van der Waals surface area contributed by atoms with Gasteiger partial charge in [-0.15, -0.1) is 0 Å². The third-order valence-electron chi connectivity index (χ3n) is 3.22. The van der Waals surface area contributed by atoms with E-state index in [2.05, 4.69) is 5.32 Å². The molecule has 1 unspecified atom stereocenters. The molecule has 0 radical (unpaired) electrons. The molecule has 1 saturated heterocycles. The Balaban J connectivity index is 2.51. The van der Waals surface area contributed by atoms with Gasteiger partial charge in [0.25, 0.3) is 0 Å². The van der Waals surface area contributed by atoms with Crippen molar-refractivity contribution >= 4 is 23.7 Å². The lowest BCUT2D eigenvalue weighted by atomic mass is 9.88. The molecule has 1 heterocycles. The molecule has 3 amide bonds. The second kappa shape index (κ2) is 7.00. The summed E-state index contributed by atoms with van der Waals surface area (Å²) < 4.78 is 0. The minimum absolute atomic E-state index is 0.159. The lowest BCUT2D eigenvalue weighted by Crippen LogP contribution is -2.66. The van der Waals surface area contributed by atoms with Gasteiger partial charge in [0.2, 0.25) is 5.91 Å². The second-order valence-electron chi connectivity index (χ2n) is 5.01. The Hall–Kier alpha value is -0.950. The van der Waals surface area contributed by atoms with Crippen LogP contribution in [0.1, 0.15) is 26.2 Å². The number of carbonyl (C=O) groups is 2. The van der Waals surface area contributed by atoms with Crippen molar-refractivity contribution < 1.29 is 14.7 Å². The largest absolute Gasteiger partial charge is 0.386 e. The van der Waals surface area contributed by atoms with Crippen LogP contribution < -0.4 is 11.1 Å². The maximum absolute atomic E-state index is 12.2. The Morgan fingerprint density at radius 1 is 1.53 bits per heavy atom. The topological polar surface area (TPSA) is 95.7 Å². The highest BCUT2D eigenvalue weighted by Crippen LogP contribution is 2.26. The first-order valence-electron chi connectivity index (χ1n) is 6.48. The van der Waals surface area contributed by atoms with Crippen molar-refractivity contribution in [3.05, 3.63) is 0 Å². The molecule has 7 heteroatoms. The number of nitrogens with two attached hydrogens (primary N) is 1. The average molecular weight is 289 g/mol. The number of urea groups is 1. The van der Waals surface area contributed by atoms with E-state index in [0.717, 1.165) is 12.2 Å². The number of thioether (sulfide) groups is 1. The summed E-state index contributed by atoms with van der Waals surface area (Å²) in [5, 5.41) is 12.5. The maximum Gasteiger partial charge on any atom is 0.312 e. The van der Waals surface area contributed by atoms with Gasteiger partial charge in [-0.25, -0.2) is 4.79 Å². The first-order chi connectivity index (χ1) is 8.91. The van der Waals surface area contributed by atoms with Crippen LogP contribution in [0.25, 0.3) is 0 Å². The van der Waals surface area contributed by atoms with Crippen LogP contribution in [0.4, 0.5) is 4.79 Å². The van der Waals surface area contributed by atoms with E-state index in [1.54, 1.807) is 16.7 Å². The zero-order valence-electron chi connectivity index (χ0n) is 11.5. The SMILES string of the molecule is CCCC1(O)CN(C(=O)C(CCSC)NC(N)=O)C1. The predicted octanol–water partition coefficient (Wildman–Crippen LogP) is 0.150. The molecular weight excluding hydrogens is 266 g/mol. The molecule has 110 valence electrons. The van der Waals surface area contributed by atoms with Gasteiger partial charge in [0.15, 0.2) is 0 Å². The van der Waals surface area contributed by atoms with Gasteiger partial charge >= 0.3 is 6.03 Å². The van der Waals surface area contributed by atoms with Crippen molar-refractivity contribution in [1.29, 1.82) is 0 Å². The summed E-state index contributed by atoms with van der Waals surface area (Å²) in [5.41, 5.74) is 4.34. The van der Waals surface area contributed by atoms with Crippen LogP contribution in [0.15, 0.2) is 0 Å². The van der Waals surface area contributed by atoms with Crippen molar-refractivity contribution in [3.63, 3.8) is 0 Å². The molecule has 0 spiro atoms. The molecule has 0 saturated carbocycles. The van der Waals surface area contributed by atoms with E-state index in [-0.39, 0.29) is 5.91 Å². The number of aliphatic hydroxyl groups is 1. The molecule has 0 bridgehead atoms. The number of hydrogen-bond acceptors (Lipinski definition) is 4. The molecule has 6 nitrogen and oxygen atoms in total. The van der Waals surface area contributed by atoms with Crippen LogP contribution >= 0.6 is 11.8 Å². The zero-order valence-corrected chi connectivity index (χ0v) is 12.3. The van der Waals surface area contributed by atoms with Crippen molar-refractivity contribution in [2.75, 3.05) is 25.1 Å². The van der Waals surface area contributed by atoms with Crippen molar-refractivity contribution in [2.24, 2.45) is 5.73 Å². The smallest absolute Gasteiger partial charge is 0.312 e. The molecule has 0 aromatic rings. The normalized spacial score (nSPS) is 18.6. The molecule has 1 atom stereocenters. The number of nitrogens with one attached hydrogen (secondary N) is 1. The lowest BCUT2D eigenvalue weighted by molar-refractivity contribution is -0.158. The molecule has 19 heavy (non-hydrogen) atoms. The van der Waals surface area contributed by atoms with E-state index in [4.69, 9.17) is 5.73 Å². The maximum atomic E-state index is 12.2. The summed E-state index contributed by atoms with van der Waals surface area (Å²) in [4.78, 5) is 24.7. The number of nitrogens with zero attached hydrogens (tertiary/aromatic N) is 1. The third kappa shape index (κ3) is 4.58. The first-order valence-corrected chi connectivity index (χ1v) is 7.87. The van der Waals surface area contributed by atoms with Gasteiger partial charge < -0.3 is 21.1 Å². The van der Waals surface area contributed by atoms with E-state index < -0.39 is 17.7 Å². The third-order valence-corrected chi connectivity index (χ3v) is 3.87. The highest BCUT2D eigenvalue weighted by molar-refractivity contribution is 7.98. The van der Waals surface area contributed by atoms with Gasteiger partial charge in [-0.2, -0.15) is 11.8 Å². The van der Waals surface area contributed by atoms with E-state index >= 15 is 0 Å². The second-order valence-corrected chi connectivity index (χ2v) is 6.00. The van der Waals surface area contributed by atoms with Gasteiger partial charge in [0, 0.05) is 0 Å². The first kappa shape index (κ1) is 16.1. The van der Waals surface area contributed by atoms with Gasteiger partial charge in [-0.3, -0.25) is 4.79 Å². The van der Waals surface area contributed by atoms with Crippen LogP contribution in [0.3, 0.4) is 0 Å². The van der Waals surface area contributed by atoms with Crippen molar-refractivity contribution in [2.45, 2.75) is 37.8 Å². The number of carbonyl (C=O) groups excluding carboxylic acids is 2. The number of likely N-dealkylation sites (tertiary alicyclic amines) is 1. The van der Waals surface area contributed by atoms with Crippen LogP contribution in [0, 0.1) is 0 Å². The number of amides is 3. The Morgan fingerprint density at radius 3 is 2.63 bits per heavy atom. The highest BCUT2D eigenvalue weighted by atomic mass is 32.2. The minimum Gasteiger partial charge on any atom is -0.386 e. The molecular formula is C12H23N3O3S. The van der Waals surface area contributed by atoms with E-state index in [0.29, 0.717) is 25.9 Å². The van der Waals surface area contributed by atoms with Gasteiger partial charge in [0.05, 0.1) is 18.7 Å². The van der Waals surface area contributed by atoms with Gasteiger partial charge in [0.1, 0.15) is 6.04 Å². The van der Waals surface area contributed by atoms with Crippen LogP contribution in [-0.4, -0.2) is 58.7 Å². The summed E-state index contributed by atoms with van der Waals surface area (Å²) in [7, 11) is 0.